The maximum Gasteiger partial charge on any atom is 0.0636 e. The van der Waals surface area contributed by atoms with Gasteiger partial charge < -0.3 is 0 Å². The Kier molecular flexibility index (Phi) is 5.69. The molecule has 0 N–H and O–H groups in total. The maximum atomic E-state index is 10.1. The molecule has 0 atom stereocenters. The first-order valence-electron chi connectivity index (χ1n) is 20.9. The summed E-state index contributed by atoms with van der Waals surface area (Å²) >= 11 is 0. The van der Waals surface area contributed by atoms with Crippen molar-refractivity contribution in [1.29, 1.82) is 0 Å². The van der Waals surface area contributed by atoms with Gasteiger partial charge in [-0.1, -0.05) is 182 Å². The third-order valence-electron chi connectivity index (χ3n) is 10.1. The Labute approximate surface area is 313 Å². The molecule has 242 valence electrons. The van der Waals surface area contributed by atoms with Crippen LogP contribution in [0.2, 0.25) is 0 Å². The molecule has 0 heterocycles. The summed E-state index contributed by atoms with van der Waals surface area (Å²) in [6.07, 6.45) is 0. The van der Waals surface area contributed by atoms with E-state index in [4.69, 9.17) is 2.74 Å². The molecule has 0 aliphatic carbocycles. The molecule has 10 rings (SSSR count). The standard InChI is InChI=1S/C52H34/c1-2-11-35(12-3-1)38-21-23-39(24-22-38)42-17-10-18-45(32-42)52-48-20-9-8-19-47(48)51(46-28-26-37-14-5-7-16-41(37)33-46)49-30-29-44(34-50(49)52)43-27-25-36-13-4-6-15-40(36)31-43/h1-34H/i8D,9D,19D,20D,29D,30D,34D. The summed E-state index contributed by atoms with van der Waals surface area (Å²) in [6, 6.07) is 52.2. The fourth-order valence-corrected chi connectivity index (χ4v) is 7.47. The fourth-order valence-electron chi connectivity index (χ4n) is 7.47. The van der Waals surface area contributed by atoms with E-state index in [9.17, 15) is 6.85 Å². The van der Waals surface area contributed by atoms with Gasteiger partial charge in [0, 0.05) is 0 Å². The lowest BCUT2D eigenvalue weighted by Crippen LogP contribution is -1.92. The van der Waals surface area contributed by atoms with Crippen LogP contribution in [0.5, 0.6) is 0 Å². The van der Waals surface area contributed by atoms with Gasteiger partial charge >= 0.3 is 0 Å². The van der Waals surface area contributed by atoms with Crippen LogP contribution < -0.4 is 0 Å². The molecular weight excluding hydrogens is 625 g/mol. The highest BCUT2D eigenvalue weighted by Gasteiger charge is 2.18. The zero-order valence-corrected chi connectivity index (χ0v) is 28.1. The van der Waals surface area contributed by atoms with Crippen LogP contribution in [0, 0.1) is 0 Å². The second kappa shape index (κ2) is 12.5. The Morgan fingerprint density at radius 2 is 0.712 bits per heavy atom. The summed E-state index contributed by atoms with van der Waals surface area (Å²) in [5.41, 5.74) is 7.02. The van der Waals surface area contributed by atoms with Crippen molar-refractivity contribution in [3.63, 3.8) is 0 Å². The van der Waals surface area contributed by atoms with E-state index in [1.165, 1.54) is 0 Å². The van der Waals surface area contributed by atoms with Gasteiger partial charge in [0.1, 0.15) is 0 Å². The lowest BCUT2D eigenvalue weighted by Gasteiger charge is -2.19. The first-order chi connectivity index (χ1) is 28.7. The minimum absolute atomic E-state index is 0.0141. The summed E-state index contributed by atoms with van der Waals surface area (Å²) in [5.74, 6) is 0. The third-order valence-corrected chi connectivity index (χ3v) is 10.1. The molecule has 0 spiro atoms. The van der Waals surface area contributed by atoms with Crippen LogP contribution in [-0.4, -0.2) is 0 Å². The van der Waals surface area contributed by atoms with E-state index in [0.29, 0.717) is 38.6 Å². The van der Waals surface area contributed by atoms with Crippen LogP contribution in [0.3, 0.4) is 0 Å². The van der Waals surface area contributed by atoms with Crippen LogP contribution in [0.1, 0.15) is 9.60 Å². The van der Waals surface area contributed by atoms with E-state index >= 15 is 0 Å². The summed E-state index contributed by atoms with van der Waals surface area (Å²) < 4.78 is 66.4. The highest BCUT2D eigenvalue weighted by atomic mass is 14.2. The molecule has 0 saturated heterocycles. The van der Waals surface area contributed by atoms with Gasteiger partial charge in [-0.2, -0.15) is 0 Å². The van der Waals surface area contributed by atoms with Gasteiger partial charge in [-0.25, -0.2) is 0 Å². The first kappa shape index (κ1) is 23.6. The lowest BCUT2D eigenvalue weighted by molar-refractivity contribution is 1.58. The molecule has 0 amide bonds. The quantitative estimate of drug-likeness (QED) is 0.161. The molecule has 0 unspecified atom stereocenters. The average Bonchev–Trinajstić information content (AvgIpc) is 3.28. The van der Waals surface area contributed by atoms with Gasteiger partial charge in [-0.05, 0) is 123 Å². The number of rotatable bonds is 5. The number of hydrogen-bond acceptors (Lipinski definition) is 0. The molecule has 0 saturated carbocycles. The van der Waals surface area contributed by atoms with Gasteiger partial charge in [0.25, 0.3) is 0 Å². The van der Waals surface area contributed by atoms with Crippen molar-refractivity contribution in [3.8, 4) is 55.6 Å². The maximum absolute atomic E-state index is 10.1. The summed E-state index contributed by atoms with van der Waals surface area (Å²) in [4.78, 5) is 0. The second-order valence-electron chi connectivity index (χ2n) is 13.1. The molecule has 52 heavy (non-hydrogen) atoms. The highest BCUT2D eigenvalue weighted by Crippen LogP contribution is 2.46. The Morgan fingerprint density at radius 1 is 0.269 bits per heavy atom. The molecule has 0 bridgehead atoms. The van der Waals surface area contributed by atoms with Gasteiger partial charge in [-0.3, -0.25) is 0 Å². The molecule has 0 fully saturated rings. The molecule has 0 heteroatoms. The molecule has 0 aromatic heterocycles. The number of fused-ring (bicyclic) bond motifs is 4. The fraction of sp³-hybridized carbons (Fsp3) is 0. The normalized spacial score (nSPS) is 13.3. The summed E-state index contributed by atoms with van der Waals surface area (Å²) in [5, 5.41) is 5.01. The van der Waals surface area contributed by atoms with Gasteiger partial charge in [0.2, 0.25) is 0 Å². The molecular formula is C52H34. The zero-order valence-electron chi connectivity index (χ0n) is 35.1. The van der Waals surface area contributed by atoms with E-state index in [-0.39, 0.29) is 52.6 Å². The summed E-state index contributed by atoms with van der Waals surface area (Å²) in [6.45, 7) is 0. The zero-order chi connectivity index (χ0) is 40.5. The van der Waals surface area contributed by atoms with Gasteiger partial charge in [0.05, 0.1) is 9.60 Å². The van der Waals surface area contributed by atoms with Crippen molar-refractivity contribution < 1.29 is 9.60 Å². The Morgan fingerprint density at radius 3 is 1.40 bits per heavy atom. The van der Waals surface area contributed by atoms with Crippen LogP contribution in [0.25, 0.3) is 98.7 Å². The predicted octanol–water partition coefficient (Wildman–Crippen LogP) is 14.6. The van der Waals surface area contributed by atoms with E-state index in [2.05, 4.69) is 36.4 Å². The van der Waals surface area contributed by atoms with E-state index < -0.39 is 6.04 Å². The Bertz CT molecular complexity index is 3340. The molecule has 0 aliphatic heterocycles. The smallest absolute Gasteiger partial charge is 0.0622 e. The molecule has 0 aliphatic rings. The second-order valence-corrected chi connectivity index (χ2v) is 13.1. The van der Waals surface area contributed by atoms with Crippen LogP contribution in [0.4, 0.5) is 0 Å². The highest BCUT2D eigenvalue weighted by molar-refractivity contribution is 6.22. The third kappa shape index (κ3) is 5.25. The van der Waals surface area contributed by atoms with Crippen molar-refractivity contribution in [2.45, 2.75) is 0 Å². The molecule has 10 aromatic rings. The van der Waals surface area contributed by atoms with E-state index in [1.807, 2.05) is 127 Å². The minimum atomic E-state index is -0.390. The molecule has 0 nitrogen and oxygen atoms in total. The number of benzene rings is 10. The van der Waals surface area contributed by atoms with Crippen LogP contribution in [0.15, 0.2) is 206 Å². The van der Waals surface area contributed by atoms with Crippen molar-refractivity contribution in [2.24, 2.45) is 0 Å². The molecule has 10 aromatic carbocycles. The Balaban J connectivity index is 1.35. The minimum Gasteiger partial charge on any atom is -0.0622 e. The van der Waals surface area contributed by atoms with Crippen molar-refractivity contribution >= 4 is 43.1 Å². The largest absolute Gasteiger partial charge is 0.0636 e. The van der Waals surface area contributed by atoms with E-state index in [1.54, 1.807) is 0 Å². The van der Waals surface area contributed by atoms with Crippen LogP contribution >= 0.6 is 0 Å². The first-order valence-corrected chi connectivity index (χ1v) is 17.4. The topological polar surface area (TPSA) is 0 Å². The SMILES string of the molecule is [2H]c1c([2H])c([2H])c2c(-c3cccc(-c4ccc(-c5ccccc5)cc4)c3)c3c([2H])c(-c4ccc5ccccc5c4)c([2H])c([2H])c3c(-c3ccc4ccccc4c3)c2c1[2H]. The van der Waals surface area contributed by atoms with Crippen molar-refractivity contribution in [1.82, 2.24) is 0 Å². The average molecular weight is 666 g/mol. The van der Waals surface area contributed by atoms with Crippen molar-refractivity contribution in [2.75, 3.05) is 0 Å². The number of hydrogen-bond donors (Lipinski definition) is 0. The van der Waals surface area contributed by atoms with Crippen molar-refractivity contribution in [3.05, 3.63) is 206 Å². The Hall–Kier alpha value is -6.76. The monoisotopic (exact) mass is 665 g/mol. The molecule has 0 radical (unpaired) electrons. The predicted molar refractivity (Wildman–Crippen MR) is 224 cm³/mol. The van der Waals surface area contributed by atoms with E-state index in [0.717, 1.165) is 43.8 Å². The lowest BCUT2D eigenvalue weighted by atomic mass is 9.84. The van der Waals surface area contributed by atoms with Gasteiger partial charge in [0.15, 0.2) is 0 Å². The summed E-state index contributed by atoms with van der Waals surface area (Å²) in [7, 11) is 0. The van der Waals surface area contributed by atoms with Crippen LogP contribution in [-0.2, 0) is 0 Å². The van der Waals surface area contributed by atoms with Gasteiger partial charge in [-0.15, -0.1) is 0 Å².